The van der Waals surface area contributed by atoms with Gasteiger partial charge >= 0.3 is 0 Å². The van der Waals surface area contributed by atoms with E-state index in [0.717, 1.165) is 5.56 Å². The van der Waals surface area contributed by atoms with Crippen LogP contribution in [0.4, 0.5) is 5.69 Å². The highest BCUT2D eigenvalue weighted by Crippen LogP contribution is 2.25. The molecule has 5 nitrogen and oxygen atoms in total. The van der Waals surface area contributed by atoms with Crippen LogP contribution in [0, 0.1) is 20.8 Å². The van der Waals surface area contributed by atoms with Gasteiger partial charge in [-0.3, -0.25) is 4.79 Å². The average molecular weight is 401 g/mol. The van der Waals surface area contributed by atoms with E-state index in [0.29, 0.717) is 21.8 Å². The smallest absolute Gasteiger partial charge is 0.241 e. The maximum atomic E-state index is 12.5. The van der Waals surface area contributed by atoms with Gasteiger partial charge in [0, 0.05) is 5.02 Å². The van der Waals surface area contributed by atoms with Crippen LogP contribution in [0.2, 0.25) is 10.0 Å². The van der Waals surface area contributed by atoms with Gasteiger partial charge in [0.15, 0.2) is 0 Å². The van der Waals surface area contributed by atoms with Gasteiger partial charge < -0.3 is 5.32 Å². The molecule has 1 amide bonds. The molecule has 0 radical (unpaired) electrons. The number of carbonyl (C=O) groups excluding carboxylic acids is 1. The predicted molar refractivity (Wildman–Crippen MR) is 101 cm³/mol. The summed E-state index contributed by atoms with van der Waals surface area (Å²) in [5.74, 6) is -0.532. The molecule has 0 unspecified atom stereocenters. The van der Waals surface area contributed by atoms with Crippen LogP contribution in [0.1, 0.15) is 16.7 Å². The minimum Gasteiger partial charge on any atom is -0.324 e. The van der Waals surface area contributed by atoms with Gasteiger partial charge in [-0.2, -0.15) is 0 Å². The Labute approximate surface area is 157 Å². The maximum Gasteiger partial charge on any atom is 0.241 e. The number of amides is 1. The Hall–Kier alpha value is -1.60. The Morgan fingerprint density at radius 3 is 2.20 bits per heavy atom. The molecular formula is C17H18Cl2N2O3S. The lowest BCUT2D eigenvalue weighted by molar-refractivity contribution is -0.115. The highest BCUT2D eigenvalue weighted by atomic mass is 35.5. The van der Waals surface area contributed by atoms with Crippen LogP contribution in [0.25, 0.3) is 0 Å². The molecule has 0 saturated heterocycles. The highest BCUT2D eigenvalue weighted by molar-refractivity contribution is 7.89. The fourth-order valence-electron chi connectivity index (χ4n) is 2.61. The molecule has 0 fully saturated rings. The Morgan fingerprint density at radius 2 is 1.64 bits per heavy atom. The minimum atomic E-state index is -3.81. The Bertz CT molecular complexity index is 904. The van der Waals surface area contributed by atoms with E-state index in [1.165, 1.54) is 6.07 Å². The van der Waals surface area contributed by atoms with Crippen LogP contribution >= 0.6 is 23.2 Å². The van der Waals surface area contributed by atoms with Crippen molar-refractivity contribution in [3.8, 4) is 0 Å². The van der Waals surface area contributed by atoms with Gasteiger partial charge in [0.25, 0.3) is 0 Å². The zero-order chi connectivity index (χ0) is 18.8. The average Bonchev–Trinajstić information content (AvgIpc) is 2.47. The number of sulfonamides is 1. The molecule has 0 bridgehead atoms. The van der Waals surface area contributed by atoms with Crippen molar-refractivity contribution in [3.63, 3.8) is 0 Å². The monoisotopic (exact) mass is 400 g/mol. The standard InChI is InChI=1S/C17H18Cl2N2O3S/c1-10-6-11(2)17(12(3)7-10)25(23,24)20-9-16(22)21-15-5-4-13(18)8-14(15)19/h4-8,20H,9H2,1-3H3,(H,21,22). The third kappa shape index (κ3) is 4.95. The molecule has 25 heavy (non-hydrogen) atoms. The van der Waals surface area contributed by atoms with Crippen LogP contribution in [0.15, 0.2) is 35.2 Å². The molecule has 134 valence electrons. The summed E-state index contributed by atoms with van der Waals surface area (Å²) in [5, 5.41) is 3.25. The summed E-state index contributed by atoms with van der Waals surface area (Å²) < 4.78 is 27.4. The van der Waals surface area contributed by atoms with Crippen LogP contribution < -0.4 is 10.0 Å². The zero-order valence-electron chi connectivity index (χ0n) is 14.0. The summed E-state index contributed by atoms with van der Waals surface area (Å²) in [7, 11) is -3.81. The lowest BCUT2D eigenvalue weighted by atomic mass is 10.1. The molecule has 8 heteroatoms. The van der Waals surface area contributed by atoms with E-state index in [1.807, 2.05) is 6.92 Å². The molecule has 0 atom stereocenters. The van der Waals surface area contributed by atoms with Crippen molar-refractivity contribution < 1.29 is 13.2 Å². The van der Waals surface area contributed by atoms with Crippen molar-refractivity contribution in [2.75, 3.05) is 11.9 Å². The van der Waals surface area contributed by atoms with Gasteiger partial charge in [-0.05, 0) is 50.1 Å². The first kappa shape index (κ1) is 19.7. The second-order valence-corrected chi connectivity index (χ2v) is 8.27. The summed E-state index contributed by atoms with van der Waals surface area (Å²) in [4.78, 5) is 12.2. The van der Waals surface area contributed by atoms with Crippen molar-refractivity contribution in [1.82, 2.24) is 4.72 Å². The first-order valence-corrected chi connectivity index (χ1v) is 9.66. The van der Waals surface area contributed by atoms with Gasteiger partial charge in [0.05, 0.1) is 22.2 Å². The molecule has 0 spiro atoms. The first-order chi connectivity index (χ1) is 11.6. The van der Waals surface area contributed by atoms with Crippen molar-refractivity contribution >= 4 is 44.8 Å². The third-order valence-electron chi connectivity index (χ3n) is 3.50. The Kier molecular flexibility index (Phi) is 6.11. The summed E-state index contributed by atoms with van der Waals surface area (Å²) in [6.07, 6.45) is 0. The van der Waals surface area contributed by atoms with Gasteiger partial charge in [-0.15, -0.1) is 0 Å². The fraction of sp³-hybridized carbons (Fsp3) is 0.235. The predicted octanol–water partition coefficient (Wildman–Crippen LogP) is 3.84. The molecule has 2 aromatic rings. The molecule has 0 heterocycles. The molecule has 2 aromatic carbocycles. The first-order valence-electron chi connectivity index (χ1n) is 7.42. The number of aryl methyl sites for hydroxylation is 3. The zero-order valence-corrected chi connectivity index (χ0v) is 16.3. The van der Waals surface area contributed by atoms with E-state index < -0.39 is 22.5 Å². The van der Waals surface area contributed by atoms with E-state index in [-0.39, 0.29) is 9.92 Å². The second-order valence-electron chi connectivity index (χ2n) is 5.72. The highest BCUT2D eigenvalue weighted by Gasteiger charge is 2.20. The number of hydrogen-bond donors (Lipinski definition) is 2. The molecule has 0 aliphatic heterocycles. The van der Waals surface area contributed by atoms with Gasteiger partial charge in [0.2, 0.25) is 15.9 Å². The quantitative estimate of drug-likeness (QED) is 0.800. The fourth-order valence-corrected chi connectivity index (χ4v) is 4.50. The van der Waals surface area contributed by atoms with Gasteiger partial charge in [-0.1, -0.05) is 40.9 Å². The van der Waals surface area contributed by atoms with E-state index in [1.54, 1.807) is 38.1 Å². The topological polar surface area (TPSA) is 75.3 Å². The second kappa shape index (κ2) is 7.74. The van der Waals surface area contributed by atoms with E-state index in [9.17, 15) is 13.2 Å². The number of rotatable bonds is 5. The molecule has 0 saturated carbocycles. The van der Waals surface area contributed by atoms with Crippen LogP contribution in [0.5, 0.6) is 0 Å². The lowest BCUT2D eigenvalue weighted by Gasteiger charge is -2.13. The minimum absolute atomic E-state index is 0.190. The number of halogens is 2. The molecule has 0 aromatic heterocycles. The lowest BCUT2D eigenvalue weighted by Crippen LogP contribution is -2.33. The van der Waals surface area contributed by atoms with Crippen LogP contribution in [-0.2, 0) is 14.8 Å². The van der Waals surface area contributed by atoms with E-state index in [4.69, 9.17) is 23.2 Å². The SMILES string of the molecule is Cc1cc(C)c(S(=O)(=O)NCC(=O)Nc2ccc(Cl)cc2Cl)c(C)c1. The molecule has 2 rings (SSSR count). The summed E-state index contributed by atoms with van der Waals surface area (Å²) >= 11 is 11.8. The Morgan fingerprint density at radius 1 is 1.04 bits per heavy atom. The number of hydrogen-bond acceptors (Lipinski definition) is 3. The normalized spacial score (nSPS) is 11.4. The van der Waals surface area contributed by atoms with Crippen LogP contribution in [0.3, 0.4) is 0 Å². The van der Waals surface area contributed by atoms with Crippen molar-refractivity contribution in [2.24, 2.45) is 0 Å². The third-order valence-corrected chi connectivity index (χ3v) is 5.75. The van der Waals surface area contributed by atoms with Crippen LogP contribution in [-0.4, -0.2) is 20.9 Å². The largest absolute Gasteiger partial charge is 0.324 e. The molecular weight excluding hydrogens is 383 g/mol. The van der Waals surface area contributed by atoms with Gasteiger partial charge in [0.1, 0.15) is 0 Å². The Balaban J connectivity index is 2.11. The van der Waals surface area contributed by atoms with Crippen molar-refractivity contribution in [1.29, 1.82) is 0 Å². The number of nitrogens with one attached hydrogen (secondary N) is 2. The maximum absolute atomic E-state index is 12.5. The van der Waals surface area contributed by atoms with Crippen molar-refractivity contribution in [3.05, 3.63) is 57.1 Å². The number of anilines is 1. The summed E-state index contributed by atoms with van der Waals surface area (Å²) in [5.41, 5.74) is 2.60. The number of benzene rings is 2. The van der Waals surface area contributed by atoms with E-state index in [2.05, 4.69) is 10.0 Å². The summed E-state index contributed by atoms with van der Waals surface area (Å²) in [6.45, 7) is 4.94. The molecule has 0 aliphatic rings. The number of carbonyl (C=O) groups is 1. The molecule has 0 aliphatic carbocycles. The van der Waals surface area contributed by atoms with Crippen molar-refractivity contribution in [2.45, 2.75) is 25.7 Å². The van der Waals surface area contributed by atoms with Gasteiger partial charge in [-0.25, -0.2) is 13.1 Å². The molecule has 2 N–H and O–H groups in total. The summed E-state index contributed by atoms with van der Waals surface area (Å²) in [6, 6.07) is 8.18. The van der Waals surface area contributed by atoms with E-state index >= 15 is 0 Å².